The van der Waals surface area contributed by atoms with Crippen molar-refractivity contribution in [3.05, 3.63) is 52.5 Å². The van der Waals surface area contributed by atoms with Gasteiger partial charge in [0.05, 0.1) is 18.2 Å². The quantitative estimate of drug-likeness (QED) is 0.547. The maximum absolute atomic E-state index is 6.13. The molecule has 5 heteroatoms. The van der Waals surface area contributed by atoms with Gasteiger partial charge >= 0.3 is 0 Å². The fourth-order valence-electron chi connectivity index (χ4n) is 2.12. The molecular weight excluding hydrogens is 345 g/mol. The minimum atomic E-state index is -0.0478. The van der Waals surface area contributed by atoms with E-state index >= 15 is 0 Å². The van der Waals surface area contributed by atoms with E-state index in [0.29, 0.717) is 22.3 Å². The molecule has 0 bridgehead atoms. The van der Waals surface area contributed by atoms with Gasteiger partial charge in [0.25, 0.3) is 0 Å². The van der Waals surface area contributed by atoms with Crippen molar-refractivity contribution in [2.24, 2.45) is 0 Å². The normalized spacial score (nSPS) is 11.8. The molecule has 0 fully saturated rings. The first-order valence-electron chi connectivity index (χ1n) is 8.17. The van der Waals surface area contributed by atoms with Crippen molar-refractivity contribution in [2.75, 3.05) is 18.5 Å². The molecule has 130 valence electrons. The summed E-state index contributed by atoms with van der Waals surface area (Å²) in [6.45, 7) is 5.53. The summed E-state index contributed by atoms with van der Waals surface area (Å²) in [5.74, 6) is 1.51. The minimum Gasteiger partial charge on any atom is -0.494 e. The van der Waals surface area contributed by atoms with Crippen LogP contribution in [0.3, 0.4) is 0 Å². The predicted octanol–water partition coefficient (Wildman–Crippen LogP) is 6.05. The molecule has 24 heavy (non-hydrogen) atoms. The molecule has 0 aliphatic rings. The van der Waals surface area contributed by atoms with E-state index in [4.69, 9.17) is 32.7 Å². The third-order valence-corrected chi connectivity index (χ3v) is 3.95. The highest BCUT2D eigenvalue weighted by Gasteiger charge is 2.08. The summed E-state index contributed by atoms with van der Waals surface area (Å²) in [5.41, 5.74) is 1.00. The molecule has 1 N–H and O–H groups in total. The minimum absolute atomic E-state index is 0.0478. The maximum Gasteiger partial charge on any atom is 0.138 e. The number of hydrogen-bond acceptors (Lipinski definition) is 3. The Hall–Kier alpha value is -1.58. The molecule has 1 unspecified atom stereocenters. The van der Waals surface area contributed by atoms with E-state index in [1.54, 1.807) is 18.2 Å². The molecule has 2 rings (SSSR count). The first-order chi connectivity index (χ1) is 11.6. The smallest absolute Gasteiger partial charge is 0.138 e. The number of hydrogen-bond donors (Lipinski definition) is 1. The third kappa shape index (κ3) is 6.14. The number of rotatable bonds is 9. The summed E-state index contributed by atoms with van der Waals surface area (Å²) in [7, 11) is 0. The van der Waals surface area contributed by atoms with Crippen molar-refractivity contribution in [1.29, 1.82) is 0 Å². The van der Waals surface area contributed by atoms with Crippen LogP contribution in [0.4, 0.5) is 5.69 Å². The van der Waals surface area contributed by atoms with Gasteiger partial charge in [0.15, 0.2) is 0 Å². The van der Waals surface area contributed by atoms with Crippen LogP contribution in [0, 0.1) is 0 Å². The summed E-state index contributed by atoms with van der Waals surface area (Å²) < 4.78 is 11.6. The lowest BCUT2D eigenvalue weighted by atomic mass is 10.2. The highest BCUT2D eigenvalue weighted by molar-refractivity contribution is 6.35. The average Bonchev–Trinajstić information content (AvgIpc) is 2.56. The number of ether oxygens (including phenoxy) is 2. The van der Waals surface area contributed by atoms with E-state index in [1.807, 2.05) is 31.2 Å². The number of unbranched alkanes of at least 4 members (excludes halogenated alkanes) is 1. The predicted molar refractivity (Wildman–Crippen MR) is 102 cm³/mol. The fourth-order valence-corrected chi connectivity index (χ4v) is 2.57. The molecule has 1 atom stereocenters. The zero-order valence-corrected chi connectivity index (χ0v) is 15.5. The summed E-state index contributed by atoms with van der Waals surface area (Å²) in [6, 6.07) is 13.2. The van der Waals surface area contributed by atoms with Crippen LogP contribution < -0.4 is 14.8 Å². The monoisotopic (exact) mass is 367 g/mol. The van der Waals surface area contributed by atoms with Crippen LogP contribution in [0.25, 0.3) is 0 Å². The molecule has 3 nitrogen and oxygen atoms in total. The second-order valence-electron chi connectivity index (χ2n) is 5.61. The lowest BCUT2D eigenvalue weighted by Crippen LogP contribution is -2.22. The van der Waals surface area contributed by atoms with E-state index in [1.165, 1.54) is 0 Å². The van der Waals surface area contributed by atoms with Crippen molar-refractivity contribution < 1.29 is 9.47 Å². The van der Waals surface area contributed by atoms with Crippen LogP contribution in [-0.2, 0) is 0 Å². The number of nitrogens with one attached hydrogen (secondary N) is 1. The second kappa shape index (κ2) is 9.65. The van der Waals surface area contributed by atoms with Gasteiger partial charge in [-0.05, 0) is 43.7 Å². The van der Waals surface area contributed by atoms with Gasteiger partial charge in [0.1, 0.15) is 17.6 Å². The van der Waals surface area contributed by atoms with Gasteiger partial charge in [-0.15, -0.1) is 0 Å². The van der Waals surface area contributed by atoms with Gasteiger partial charge in [-0.25, -0.2) is 0 Å². The highest BCUT2D eigenvalue weighted by Crippen LogP contribution is 2.28. The van der Waals surface area contributed by atoms with Crippen molar-refractivity contribution in [3.8, 4) is 11.5 Å². The van der Waals surface area contributed by atoms with E-state index in [-0.39, 0.29) is 6.10 Å². The summed E-state index contributed by atoms with van der Waals surface area (Å²) in [5, 5.41) is 4.46. The lowest BCUT2D eigenvalue weighted by Gasteiger charge is -2.17. The number of halogens is 2. The standard InChI is InChI=1S/C19H23Cl2NO2/c1-3-4-10-23-17-7-5-6-16(12-17)22-13-14(2)24-19-9-8-15(20)11-18(19)21/h5-9,11-12,14,22H,3-4,10,13H2,1-2H3. The molecule has 2 aromatic carbocycles. The highest BCUT2D eigenvalue weighted by atomic mass is 35.5. The Labute approximate surface area is 153 Å². The van der Waals surface area contributed by atoms with E-state index < -0.39 is 0 Å². The molecule has 0 aliphatic heterocycles. The Bertz CT molecular complexity index is 649. The SMILES string of the molecule is CCCCOc1cccc(NCC(C)Oc2ccc(Cl)cc2Cl)c1. The van der Waals surface area contributed by atoms with Gasteiger partial charge in [-0.2, -0.15) is 0 Å². The molecule has 0 spiro atoms. The topological polar surface area (TPSA) is 30.5 Å². The largest absolute Gasteiger partial charge is 0.494 e. The van der Waals surface area contributed by atoms with Gasteiger partial charge in [0.2, 0.25) is 0 Å². The third-order valence-electron chi connectivity index (χ3n) is 3.42. The summed E-state index contributed by atoms with van der Waals surface area (Å²) >= 11 is 12.0. The zero-order chi connectivity index (χ0) is 17.4. The van der Waals surface area contributed by atoms with Gasteiger partial charge < -0.3 is 14.8 Å². The molecule has 0 radical (unpaired) electrons. The number of benzene rings is 2. The molecule has 0 aliphatic carbocycles. The molecule has 0 saturated heterocycles. The van der Waals surface area contributed by atoms with Crippen molar-refractivity contribution in [1.82, 2.24) is 0 Å². The van der Waals surface area contributed by atoms with Crippen LogP contribution in [-0.4, -0.2) is 19.3 Å². The van der Waals surface area contributed by atoms with Gasteiger partial charge in [-0.1, -0.05) is 42.6 Å². The Morgan fingerprint density at radius 1 is 1.12 bits per heavy atom. The van der Waals surface area contributed by atoms with E-state index in [2.05, 4.69) is 12.2 Å². The van der Waals surface area contributed by atoms with Crippen LogP contribution in [0.15, 0.2) is 42.5 Å². The fraction of sp³-hybridized carbons (Fsp3) is 0.368. The van der Waals surface area contributed by atoms with Crippen molar-refractivity contribution >= 4 is 28.9 Å². The van der Waals surface area contributed by atoms with Gasteiger partial charge in [-0.3, -0.25) is 0 Å². The first-order valence-corrected chi connectivity index (χ1v) is 8.92. The average molecular weight is 368 g/mol. The molecule has 0 heterocycles. The Kier molecular flexibility index (Phi) is 7.54. The van der Waals surface area contributed by atoms with E-state index in [0.717, 1.165) is 30.9 Å². The van der Waals surface area contributed by atoms with Crippen LogP contribution in [0.1, 0.15) is 26.7 Å². The molecule has 0 aromatic heterocycles. The Morgan fingerprint density at radius 3 is 2.71 bits per heavy atom. The molecule has 0 saturated carbocycles. The Morgan fingerprint density at radius 2 is 1.96 bits per heavy atom. The maximum atomic E-state index is 6.13. The second-order valence-corrected chi connectivity index (χ2v) is 6.46. The van der Waals surface area contributed by atoms with Crippen LogP contribution in [0.5, 0.6) is 11.5 Å². The zero-order valence-electron chi connectivity index (χ0n) is 14.0. The van der Waals surface area contributed by atoms with Crippen LogP contribution in [0.2, 0.25) is 10.0 Å². The van der Waals surface area contributed by atoms with Crippen molar-refractivity contribution in [3.63, 3.8) is 0 Å². The summed E-state index contributed by atoms with van der Waals surface area (Å²) in [4.78, 5) is 0. The molecule has 2 aromatic rings. The molecular formula is C19H23Cl2NO2. The summed E-state index contributed by atoms with van der Waals surface area (Å²) in [6.07, 6.45) is 2.14. The molecule has 0 amide bonds. The first kappa shape index (κ1) is 18.8. The number of anilines is 1. The van der Waals surface area contributed by atoms with E-state index in [9.17, 15) is 0 Å². The van der Waals surface area contributed by atoms with Crippen molar-refractivity contribution in [2.45, 2.75) is 32.8 Å². The van der Waals surface area contributed by atoms with Gasteiger partial charge in [0, 0.05) is 16.8 Å². The Balaban J connectivity index is 1.84. The van der Waals surface area contributed by atoms with Crippen LogP contribution >= 0.6 is 23.2 Å². The lowest BCUT2D eigenvalue weighted by molar-refractivity contribution is 0.235.